The van der Waals surface area contributed by atoms with Crippen LogP contribution in [0.15, 0.2) is 0 Å². The number of hydrogen-bond donors (Lipinski definition) is 28. The van der Waals surface area contributed by atoms with Crippen molar-refractivity contribution in [3.05, 3.63) is 0 Å². The molecule has 0 aromatic rings. The zero-order chi connectivity index (χ0) is 107. The second-order valence-electron chi connectivity index (χ2n) is 7.96. The fourth-order valence-electron chi connectivity index (χ4n) is 0. The zero-order valence-corrected chi connectivity index (χ0v) is 117. The van der Waals surface area contributed by atoms with Crippen LogP contribution in [-0.2, 0) is 134 Å². The van der Waals surface area contributed by atoms with Crippen molar-refractivity contribution in [2.24, 2.45) is 0 Å². The first kappa shape index (κ1) is 306. The van der Waals surface area contributed by atoms with Crippen molar-refractivity contribution >= 4 is 644 Å². The molecule has 90 nitrogen and oxygen atoms in total. The molecule has 0 amide bonds. The molecule has 0 unspecified atom stereocenters. The van der Waals surface area contributed by atoms with E-state index in [1.165, 1.54) is 0 Å². The minimum Gasteiger partial charge on any atom is -0.672 e. The maximum atomic E-state index is 8.74. The molecule has 0 aromatic carbocycles. The topological polar surface area (TPSA) is 1820 Å². The van der Waals surface area contributed by atoms with Gasteiger partial charge in [0, 0.05) is 147 Å². The Kier molecular flexibility index (Phi) is 673. The fourth-order valence-corrected chi connectivity index (χ4v) is 0. The van der Waals surface area contributed by atoms with Crippen molar-refractivity contribution in [3.63, 3.8) is 0 Å². The van der Waals surface area contributed by atoms with Gasteiger partial charge in [0.05, 0.1) is 0 Å². The average Bonchev–Trinajstić information content (AvgIpc) is 3.29. The summed E-state index contributed by atoms with van der Waals surface area (Å²) >= 11 is 0. The third-order valence-electron chi connectivity index (χ3n) is 0. The first-order valence-electron chi connectivity index (χ1n) is 18.9. The van der Waals surface area contributed by atoms with Gasteiger partial charge in [-0.15, -0.1) is 0 Å². The summed E-state index contributed by atoms with van der Waals surface area (Å²) in [7, 11) is -102. The van der Waals surface area contributed by atoms with E-state index < -0.39 is 275 Å². The summed E-state index contributed by atoms with van der Waals surface area (Å²) in [6, 6.07) is 0. The van der Waals surface area contributed by atoms with Gasteiger partial charge in [-0.05, 0) is 0 Å². The molecule has 136 heteroatoms. The average molecular weight is 2700 g/mol. The molecule has 0 saturated heterocycles. The van der Waals surface area contributed by atoms with Crippen LogP contribution in [0.25, 0.3) is 0 Å². The minimum absolute atomic E-state index is 0. The summed E-state index contributed by atoms with van der Waals surface area (Å²) in [6.45, 7) is 0. The van der Waals surface area contributed by atoms with Gasteiger partial charge in [-0.2, -0.15) is 0 Å². The van der Waals surface area contributed by atoms with Crippen LogP contribution < -0.4 is 153 Å². The number of hydrogen-bond acceptors (Lipinski definition) is 62. The predicted molar refractivity (Wildman–Crippen MR) is 347 cm³/mol. The molecule has 0 aliphatic carbocycles. The Balaban J connectivity index is -0.0000000139. The van der Waals surface area contributed by atoms with Crippen LogP contribution in [0, 0.1) is 0 Å². The summed E-state index contributed by atoms with van der Waals surface area (Å²) in [5.41, 5.74) is 0. The molecule has 0 spiro atoms. The molecular formula is H28Mg16O90Si30. The molecule has 720 valence electrons. The molecule has 0 saturated carbocycles. The first-order valence-corrected chi connectivity index (χ1v) is 56.8. The van der Waals surface area contributed by atoms with Crippen molar-refractivity contribution in [2.45, 2.75) is 0 Å². The van der Waals surface area contributed by atoms with E-state index in [1.807, 2.05) is 0 Å². The van der Waals surface area contributed by atoms with Gasteiger partial charge in [-0.25, -0.2) is 0 Å². The summed E-state index contributed by atoms with van der Waals surface area (Å²) in [5.74, 6) is 0. The third kappa shape index (κ3) is 4110000. The van der Waals surface area contributed by atoms with Gasteiger partial charge in [-0.3, -0.25) is 62.5 Å². The van der Waals surface area contributed by atoms with Crippen molar-refractivity contribution < 1.29 is 422 Å². The van der Waals surface area contributed by atoms with Gasteiger partial charge in [0.25, 0.3) is 0 Å². The maximum absolute atomic E-state index is 8.74. The van der Waals surface area contributed by atoms with Crippen LogP contribution in [0.4, 0.5) is 0 Å². The molecule has 0 rings (SSSR count). The standard InChI is InChI=1S/16Mg.14H2O3Si.16O3Si/c;;;;;;;;;;;;;;;;30*1-4(2)3/h;;;;;;;;;;;;;;;;14*1-2H;;;;;;;;;;;;;;;;/q16*+2;;;;;;;;;;;;;;;16*-2. The second kappa shape index (κ2) is 299. The van der Waals surface area contributed by atoms with E-state index >= 15 is 0 Å². The van der Waals surface area contributed by atoms with E-state index in [2.05, 4.69) is 0 Å². The number of rotatable bonds is 0. The summed E-state index contributed by atoms with van der Waals surface area (Å²) in [5, 5.41) is 0. The van der Waals surface area contributed by atoms with Gasteiger partial charge >= 0.3 is 497 Å². The van der Waals surface area contributed by atoms with Gasteiger partial charge < -0.3 is 359 Å². The quantitative estimate of drug-likeness (QED) is 0.100. The van der Waals surface area contributed by atoms with Gasteiger partial charge in [0.1, 0.15) is 0 Å². The largest absolute Gasteiger partial charge is 2.00 e. The third-order valence-corrected chi connectivity index (χ3v) is 0. The van der Waals surface area contributed by atoms with Crippen LogP contribution in [0.1, 0.15) is 0 Å². The monoisotopic (exact) mass is 2690 g/mol. The van der Waals surface area contributed by atoms with Crippen LogP contribution in [0.3, 0.4) is 0 Å². The van der Waals surface area contributed by atoms with E-state index in [-0.39, 0.29) is 369 Å². The molecule has 0 heterocycles. The predicted octanol–water partition coefficient (Wildman–Crippen LogP) is -74.7. The van der Waals surface area contributed by atoms with Crippen LogP contribution in [0.5, 0.6) is 0 Å². The van der Waals surface area contributed by atoms with E-state index in [0.29, 0.717) is 0 Å². The molecule has 28 N–H and O–H groups in total. The van der Waals surface area contributed by atoms with Gasteiger partial charge in [0.2, 0.25) is 0 Å². The Morgan fingerprint density at radius 1 is 0.0735 bits per heavy atom. The molecule has 0 aliphatic heterocycles. The van der Waals surface area contributed by atoms with Crippen molar-refractivity contribution in [2.75, 3.05) is 0 Å². The van der Waals surface area contributed by atoms with E-state index in [0.717, 1.165) is 0 Å². The minimum atomic E-state index is -3.63. The maximum Gasteiger partial charge on any atom is 2.00 e. The molecule has 0 fully saturated rings. The zero-order valence-electron chi connectivity index (χ0n) is 64.1. The van der Waals surface area contributed by atoms with Crippen molar-refractivity contribution in [3.8, 4) is 0 Å². The molecular weight excluding hydrogens is 2670 g/mol. The van der Waals surface area contributed by atoms with Crippen LogP contribution >= 0.6 is 0 Å². The van der Waals surface area contributed by atoms with Gasteiger partial charge in [-0.1, -0.05) is 0 Å². The fraction of sp³-hybridized carbons (Fsp3) is 0. The second-order valence-corrected chi connectivity index (χ2v) is 23.9. The molecule has 0 atom stereocenters. The van der Waals surface area contributed by atoms with Crippen LogP contribution in [-0.4, -0.2) is 778 Å². The molecule has 136 heavy (non-hydrogen) atoms. The summed E-state index contributed by atoms with van der Waals surface area (Å²) < 4.78 is 259. The van der Waals surface area contributed by atoms with Crippen molar-refractivity contribution in [1.29, 1.82) is 0 Å². The SMILES string of the molecule is O=[Si](O)O.O=[Si](O)O.O=[Si](O)O.O=[Si](O)O.O=[Si](O)O.O=[Si](O)O.O=[Si](O)O.O=[Si](O)O.O=[Si](O)O.O=[Si](O)O.O=[Si](O)O.O=[Si](O)O.O=[Si](O)O.O=[Si](O)O.O=[Si]([O-])[O-].O=[Si]([O-])[O-].O=[Si]([O-])[O-].O=[Si]([O-])[O-].O=[Si]([O-])[O-].O=[Si]([O-])[O-].O=[Si]([O-])[O-].O=[Si]([O-])[O-].O=[Si]([O-])[O-].O=[Si]([O-])[O-].O=[Si]([O-])[O-].O=[Si]([O-])[O-].O=[Si]([O-])[O-].O=[Si]([O-])[O-].O=[Si]([O-])[O-].O=[Si]([O-])[O-].[Mg+2].[Mg+2].[Mg+2].[Mg+2].[Mg+2].[Mg+2].[Mg+2].[Mg+2].[Mg+2].[Mg+2].[Mg+2].[Mg+2].[Mg+2].[Mg+2].[Mg+2].[Mg+2]. The van der Waals surface area contributed by atoms with Crippen molar-refractivity contribution in [1.82, 2.24) is 0 Å². The smallest absolute Gasteiger partial charge is 0.672 e. The first-order chi connectivity index (χ1) is 52.0. The Labute approximate surface area is 1050 Å². The van der Waals surface area contributed by atoms with Crippen LogP contribution in [0.2, 0.25) is 0 Å². The summed E-state index contributed by atoms with van der Waals surface area (Å²) in [4.78, 5) is 473. The van der Waals surface area contributed by atoms with E-state index in [9.17, 15) is 0 Å². The molecule has 0 radical (unpaired) electrons. The molecule has 0 bridgehead atoms. The van der Waals surface area contributed by atoms with Gasteiger partial charge in [0.15, 0.2) is 0 Å². The normalized spacial score (nSPS) is 5.29. The summed E-state index contributed by atoms with van der Waals surface area (Å²) in [6.07, 6.45) is 0. The Morgan fingerprint density at radius 3 is 0.0735 bits per heavy atom. The molecule has 0 aromatic heterocycles. The Morgan fingerprint density at radius 2 is 0.0735 bits per heavy atom. The Bertz CT molecular complexity index is 1740. The Hall–Kier alpha value is 0.766. The molecule has 0 aliphatic rings. The van der Waals surface area contributed by atoms with E-state index in [1.54, 1.807) is 0 Å². The van der Waals surface area contributed by atoms with E-state index in [4.69, 9.17) is 422 Å².